The summed E-state index contributed by atoms with van der Waals surface area (Å²) < 4.78 is 5.50. The third-order valence-corrected chi connectivity index (χ3v) is 2.62. The molecule has 20 heavy (non-hydrogen) atoms. The molecule has 1 rings (SSSR count). The van der Waals surface area contributed by atoms with Crippen LogP contribution >= 0.6 is 0 Å². The molecule has 1 saturated carbocycles. The molecule has 0 saturated heterocycles. The Morgan fingerprint density at radius 1 is 1.15 bits per heavy atom. The van der Waals surface area contributed by atoms with Gasteiger partial charge in [0.25, 0.3) is 0 Å². The molecule has 0 amide bonds. The maximum absolute atomic E-state index is 9.08. The molecule has 0 aliphatic heterocycles. The first-order valence-electron chi connectivity index (χ1n) is 7.99. The van der Waals surface area contributed by atoms with E-state index in [0.29, 0.717) is 6.10 Å². The molecule has 4 heteroatoms. The van der Waals surface area contributed by atoms with E-state index in [2.05, 4.69) is 20.8 Å². The zero-order chi connectivity index (χ0) is 16.4. The Morgan fingerprint density at radius 3 is 2.05 bits per heavy atom. The lowest BCUT2D eigenvalue weighted by Gasteiger charge is -2.27. The highest BCUT2D eigenvalue weighted by Crippen LogP contribution is 2.25. The van der Waals surface area contributed by atoms with Crippen molar-refractivity contribution in [3.63, 3.8) is 0 Å². The van der Waals surface area contributed by atoms with E-state index in [1.54, 1.807) is 0 Å². The van der Waals surface area contributed by atoms with Crippen molar-refractivity contribution >= 4 is 0 Å². The van der Waals surface area contributed by atoms with Gasteiger partial charge in [-0.25, -0.2) is 0 Å². The van der Waals surface area contributed by atoms with Crippen LogP contribution in [0.4, 0.5) is 0 Å². The number of ether oxygens (including phenoxy) is 1. The van der Waals surface area contributed by atoms with Crippen molar-refractivity contribution < 1.29 is 20.1 Å². The zero-order valence-electron chi connectivity index (χ0n) is 14.4. The molecule has 0 aromatic rings. The van der Waals surface area contributed by atoms with Crippen molar-refractivity contribution in [3.05, 3.63) is 0 Å². The molecule has 1 fully saturated rings. The van der Waals surface area contributed by atoms with Gasteiger partial charge in [0.05, 0.1) is 19.3 Å². The molecule has 4 nitrogen and oxygen atoms in total. The van der Waals surface area contributed by atoms with E-state index in [9.17, 15) is 0 Å². The highest BCUT2D eigenvalue weighted by molar-refractivity contribution is 4.70. The van der Waals surface area contributed by atoms with Crippen molar-refractivity contribution in [2.75, 3.05) is 20.3 Å². The van der Waals surface area contributed by atoms with Gasteiger partial charge in [-0.3, -0.25) is 0 Å². The molecule has 0 aromatic heterocycles. The Labute approximate surface area is 126 Å². The third kappa shape index (κ3) is 17.8. The van der Waals surface area contributed by atoms with Gasteiger partial charge in [0.1, 0.15) is 6.10 Å². The predicted octanol–water partition coefficient (Wildman–Crippen LogP) is 2.99. The van der Waals surface area contributed by atoms with E-state index in [1.807, 2.05) is 13.8 Å². The third-order valence-electron chi connectivity index (χ3n) is 2.62. The minimum Gasteiger partial charge on any atom is -0.400 e. The van der Waals surface area contributed by atoms with Gasteiger partial charge in [0.15, 0.2) is 0 Å². The Bertz CT molecular complexity index is 153. The number of aliphatic hydroxyl groups is 3. The second kappa shape index (κ2) is 21.1. The topological polar surface area (TPSA) is 69.9 Å². The van der Waals surface area contributed by atoms with Gasteiger partial charge in [0.2, 0.25) is 0 Å². The smallest absolute Gasteiger partial charge is 0.100 e. The van der Waals surface area contributed by atoms with Crippen LogP contribution in [-0.2, 0) is 4.74 Å². The second-order valence-corrected chi connectivity index (χ2v) is 4.77. The summed E-state index contributed by atoms with van der Waals surface area (Å²) in [6.07, 6.45) is 5.55. The average molecular weight is 294 g/mol. The highest BCUT2D eigenvalue weighted by Gasteiger charge is 2.19. The first-order chi connectivity index (χ1) is 9.63. The SMILES string of the molecule is CC.CC1CCCC(OCC(O)CO)C1.CCC.CO. The predicted molar refractivity (Wildman–Crippen MR) is 85.9 cm³/mol. The molecule has 3 N–H and O–H groups in total. The van der Waals surface area contributed by atoms with E-state index in [1.165, 1.54) is 19.3 Å². The van der Waals surface area contributed by atoms with Gasteiger partial charge >= 0.3 is 0 Å². The van der Waals surface area contributed by atoms with Gasteiger partial charge in [-0.1, -0.05) is 53.9 Å². The summed E-state index contributed by atoms with van der Waals surface area (Å²) in [4.78, 5) is 0. The van der Waals surface area contributed by atoms with Crippen LogP contribution in [-0.4, -0.2) is 47.9 Å². The summed E-state index contributed by atoms with van der Waals surface area (Å²) in [5, 5.41) is 24.7. The lowest BCUT2D eigenvalue weighted by Crippen LogP contribution is -2.27. The van der Waals surface area contributed by atoms with Gasteiger partial charge < -0.3 is 20.1 Å². The molecule has 0 aromatic carbocycles. The second-order valence-electron chi connectivity index (χ2n) is 4.77. The molecular weight excluding hydrogens is 256 g/mol. The van der Waals surface area contributed by atoms with E-state index in [4.69, 9.17) is 20.1 Å². The lowest BCUT2D eigenvalue weighted by atomic mass is 9.89. The standard InChI is InChI=1S/C10H20O3.C3H8.C2H6.CH4O/c1-8-3-2-4-10(5-8)13-7-9(12)6-11;1-3-2;2*1-2/h8-12H,2-7H2,1H3;3H2,1-2H3;1-2H3;2H,1H3. The molecule has 0 radical (unpaired) electrons. The first-order valence-corrected chi connectivity index (χ1v) is 7.99. The van der Waals surface area contributed by atoms with Crippen LogP contribution in [0.2, 0.25) is 0 Å². The highest BCUT2D eigenvalue weighted by atomic mass is 16.5. The van der Waals surface area contributed by atoms with E-state index < -0.39 is 6.10 Å². The normalized spacial score (nSPS) is 22.1. The summed E-state index contributed by atoms with van der Waals surface area (Å²) in [6.45, 7) is 10.5. The fraction of sp³-hybridized carbons (Fsp3) is 1.00. The number of hydrogen-bond donors (Lipinski definition) is 3. The molecule has 0 bridgehead atoms. The minimum atomic E-state index is -0.711. The van der Waals surface area contributed by atoms with Crippen LogP contribution in [0.25, 0.3) is 0 Å². The van der Waals surface area contributed by atoms with Crippen molar-refractivity contribution in [1.29, 1.82) is 0 Å². The summed E-state index contributed by atoms with van der Waals surface area (Å²) in [5.41, 5.74) is 0. The largest absolute Gasteiger partial charge is 0.400 e. The Morgan fingerprint density at radius 2 is 1.65 bits per heavy atom. The fourth-order valence-corrected chi connectivity index (χ4v) is 1.83. The molecule has 1 aliphatic carbocycles. The van der Waals surface area contributed by atoms with Crippen LogP contribution < -0.4 is 0 Å². The van der Waals surface area contributed by atoms with Gasteiger partial charge in [-0.05, 0) is 18.8 Å². The summed E-state index contributed by atoms with van der Waals surface area (Å²) in [7, 11) is 1.00. The minimum absolute atomic E-state index is 0.206. The summed E-state index contributed by atoms with van der Waals surface area (Å²) >= 11 is 0. The number of rotatable bonds is 4. The van der Waals surface area contributed by atoms with Crippen LogP contribution in [0.1, 0.15) is 66.7 Å². The molecule has 126 valence electrons. The van der Waals surface area contributed by atoms with Crippen LogP contribution in [0, 0.1) is 5.92 Å². The Kier molecular flexibility index (Phi) is 26.3. The Hall–Kier alpha value is -0.160. The van der Waals surface area contributed by atoms with Crippen LogP contribution in [0.15, 0.2) is 0 Å². The van der Waals surface area contributed by atoms with Crippen molar-refractivity contribution in [3.8, 4) is 0 Å². The zero-order valence-corrected chi connectivity index (χ0v) is 14.4. The Balaban J connectivity index is -0.000000355. The molecule has 3 atom stereocenters. The van der Waals surface area contributed by atoms with Gasteiger partial charge in [0, 0.05) is 7.11 Å². The maximum Gasteiger partial charge on any atom is 0.100 e. The van der Waals surface area contributed by atoms with Gasteiger partial charge in [-0.15, -0.1) is 0 Å². The summed E-state index contributed by atoms with van der Waals surface area (Å²) in [5.74, 6) is 0.741. The average Bonchev–Trinajstić information content (AvgIpc) is 2.50. The van der Waals surface area contributed by atoms with Crippen LogP contribution in [0.3, 0.4) is 0 Å². The van der Waals surface area contributed by atoms with E-state index >= 15 is 0 Å². The van der Waals surface area contributed by atoms with Crippen molar-refractivity contribution in [1.82, 2.24) is 0 Å². The maximum atomic E-state index is 9.08. The van der Waals surface area contributed by atoms with E-state index in [0.717, 1.165) is 25.9 Å². The van der Waals surface area contributed by atoms with Gasteiger partial charge in [-0.2, -0.15) is 0 Å². The molecule has 1 aliphatic rings. The van der Waals surface area contributed by atoms with Crippen molar-refractivity contribution in [2.24, 2.45) is 5.92 Å². The molecule has 0 heterocycles. The summed E-state index contributed by atoms with van der Waals surface area (Å²) in [6, 6.07) is 0. The number of hydrogen-bond acceptors (Lipinski definition) is 4. The molecule has 0 spiro atoms. The quantitative estimate of drug-likeness (QED) is 0.745. The van der Waals surface area contributed by atoms with Crippen molar-refractivity contribution in [2.45, 2.75) is 78.9 Å². The fourth-order valence-electron chi connectivity index (χ4n) is 1.83. The molecular formula is C16H38O4. The van der Waals surface area contributed by atoms with Crippen LogP contribution in [0.5, 0.6) is 0 Å². The molecule has 3 unspecified atom stereocenters. The first kappa shape index (κ1) is 24.8. The van der Waals surface area contributed by atoms with E-state index in [-0.39, 0.29) is 13.2 Å². The monoisotopic (exact) mass is 294 g/mol. The number of aliphatic hydroxyl groups excluding tert-OH is 3. The lowest BCUT2D eigenvalue weighted by molar-refractivity contribution is -0.0456.